The average molecular weight is 657 g/mol. The Morgan fingerprint density at radius 3 is 2.51 bits per heavy atom. The highest BCUT2D eigenvalue weighted by atomic mass is 19.4. The molecule has 4 aromatic rings. The number of rotatable bonds is 11. The molecule has 0 radical (unpaired) electrons. The fourth-order valence-corrected chi connectivity index (χ4v) is 6.51. The van der Waals surface area contributed by atoms with Crippen LogP contribution in [0.2, 0.25) is 0 Å². The predicted octanol–water partition coefficient (Wildman–Crippen LogP) is 5.14. The Morgan fingerprint density at radius 2 is 1.89 bits per heavy atom. The van der Waals surface area contributed by atoms with Crippen LogP contribution in [0.25, 0.3) is 33.9 Å². The molecule has 1 saturated carbocycles. The van der Waals surface area contributed by atoms with Crippen LogP contribution in [0.1, 0.15) is 37.7 Å². The molecule has 0 unspecified atom stereocenters. The number of hydrogen-bond acceptors (Lipinski definition) is 9. The number of anilines is 2. The van der Waals surface area contributed by atoms with Crippen molar-refractivity contribution in [1.82, 2.24) is 30.2 Å². The van der Waals surface area contributed by atoms with Gasteiger partial charge in [0.2, 0.25) is 0 Å². The number of fused-ring (bicyclic) bond motifs is 1. The van der Waals surface area contributed by atoms with Gasteiger partial charge in [0.1, 0.15) is 22.8 Å². The molecule has 0 amide bonds. The lowest BCUT2D eigenvalue weighted by atomic mass is 9.69. The van der Waals surface area contributed by atoms with E-state index in [9.17, 15) is 22.4 Å². The third kappa shape index (κ3) is 7.15. The van der Waals surface area contributed by atoms with Crippen molar-refractivity contribution >= 4 is 28.6 Å². The monoisotopic (exact) mass is 656 g/mol. The molecule has 3 N–H and O–H groups in total. The van der Waals surface area contributed by atoms with Crippen molar-refractivity contribution in [2.45, 2.75) is 44.3 Å². The topological polar surface area (TPSA) is 132 Å². The van der Waals surface area contributed by atoms with Gasteiger partial charge in [-0.15, -0.1) is 0 Å². The van der Waals surface area contributed by atoms with Gasteiger partial charge in [-0.05, 0) is 49.9 Å². The van der Waals surface area contributed by atoms with Crippen molar-refractivity contribution in [3.05, 3.63) is 48.0 Å². The molecule has 4 heterocycles. The van der Waals surface area contributed by atoms with Gasteiger partial charge < -0.3 is 29.9 Å². The van der Waals surface area contributed by atoms with Crippen LogP contribution in [-0.2, 0) is 15.7 Å². The largest absolute Gasteiger partial charge is 0.480 e. The number of pyridine rings is 1. The van der Waals surface area contributed by atoms with E-state index in [0.29, 0.717) is 60.8 Å². The molecule has 1 aliphatic heterocycles. The minimum atomic E-state index is -4.73. The van der Waals surface area contributed by atoms with E-state index in [-0.39, 0.29) is 34.9 Å². The van der Waals surface area contributed by atoms with Gasteiger partial charge in [0, 0.05) is 50.8 Å². The number of aromatic nitrogens is 5. The highest BCUT2D eigenvalue weighted by Gasteiger charge is 2.38. The van der Waals surface area contributed by atoms with Crippen molar-refractivity contribution in [1.29, 1.82) is 0 Å². The number of carboxylic acid groups (broad SMARTS) is 1. The van der Waals surface area contributed by atoms with E-state index in [1.165, 1.54) is 0 Å². The summed E-state index contributed by atoms with van der Waals surface area (Å²) >= 11 is 0. The van der Waals surface area contributed by atoms with E-state index in [1.807, 2.05) is 11.9 Å². The fraction of sp³-hybridized carbons (Fsp3) is 0.469. The van der Waals surface area contributed by atoms with Gasteiger partial charge in [0.05, 0.1) is 42.5 Å². The van der Waals surface area contributed by atoms with E-state index in [0.717, 1.165) is 44.2 Å². The normalized spacial score (nSPS) is 16.8. The lowest BCUT2D eigenvalue weighted by Crippen LogP contribution is -2.44. The number of hydrogen-bond donors (Lipinski definition) is 3. The second kappa shape index (κ2) is 13.0. The van der Waals surface area contributed by atoms with Crippen molar-refractivity contribution < 1.29 is 32.2 Å². The molecule has 11 nitrogen and oxygen atoms in total. The third-order valence-corrected chi connectivity index (χ3v) is 9.05. The zero-order chi connectivity index (χ0) is 33.3. The summed E-state index contributed by atoms with van der Waals surface area (Å²) in [6, 6.07) is 4.17. The van der Waals surface area contributed by atoms with Gasteiger partial charge in [-0.1, -0.05) is 6.42 Å². The van der Waals surface area contributed by atoms with Crippen LogP contribution in [0.3, 0.4) is 0 Å². The van der Waals surface area contributed by atoms with Crippen molar-refractivity contribution in [3.8, 4) is 22.8 Å². The summed E-state index contributed by atoms with van der Waals surface area (Å²) in [5.41, 5.74) is 0.872. The Kier molecular flexibility index (Phi) is 9.03. The van der Waals surface area contributed by atoms with Crippen LogP contribution in [0, 0.1) is 11.2 Å². The zero-order valence-electron chi connectivity index (χ0n) is 26.1. The number of aliphatic carboxylic acids is 1. The minimum Gasteiger partial charge on any atom is -0.480 e. The standard InChI is InChI=1S/C32H36F4N8O3/c1-43(17-31(18-47-2)6-3-7-31)25-13-23(19-10-20(32(34,35)36)12-21(33)11-19)40-30-28(25)41-29(42-30)24-14-39-26(15-38-24)44-8-4-22(5-9-44)37-16-27(45)46/h10-15,22,37H,3-9,16-18H2,1-2H3,(H,45,46)(H,40,41,42). The number of imidazole rings is 1. The molecule has 2 fully saturated rings. The van der Waals surface area contributed by atoms with Crippen molar-refractivity contribution in [2.24, 2.45) is 5.41 Å². The zero-order valence-corrected chi connectivity index (χ0v) is 26.1. The molecule has 0 spiro atoms. The Balaban J connectivity index is 1.32. The number of H-pyrrole nitrogens is 1. The minimum absolute atomic E-state index is 0.0141. The highest BCUT2D eigenvalue weighted by molar-refractivity contribution is 5.91. The first-order valence-corrected chi connectivity index (χ1v) is 15.4. The number of methoxy groups -OCH3 is 1. The molecule has 0 bridgehead atoms. The Labute approximate surface area is 268 Å². The van der Waals surface area contributed by atoms with Gasteiger partial charge in [0.15, 0.2) is 11.5 Å². The molecular weight excluding hydrogens is 620 g/mol. The Hall–Kier alpha value is -4.37. The number of benzene rings is 1. The summed E-state index contributed by atoms with van der Waals surface area (Å²) in [6.45, 7) is 2.51. The summed E-state index contributed by atoms with van der Waals surface area (Å²) in [5, 5.41) is 12.0. The van der Waals surface area contributed by atoms with E-state index in [4.69, 9.17) is 9.84 Å². The lowest BCUT2D eigenvalue weighted by molar-refractivity contribution is -0.138. The first-order valence-electron chi connectivity index (χ1n) is 15.4. The molecule has 250 valence electrons. The summed E-state index contributed by atoms with van der Waals surface area (Å²) < 4.78 is 60.7. The SMILES string of the molecule is COCC1(CN(C)c2cc(-c3cc(F)cc(C(F)(F)F)c3)nc3nc(-c4cnc(N5CCC(NCC(=O)O)CC5)cn4)[nH]c23)CCC1. The molecule has 15 heteroatoms. The second-order valence-corrected chi connectivity index (χ2v) is 12.5. The number of alkyl halides is 3. The van der Waals surface area contributed by atoms with Crippen LogP contribution < -0.4 is 15.1 Å². The number of carbonyl (C=O) groups is 1. The maximum Gasteiger partial charge on any atom is 0.416 e. The Morgan fingerprint density at radius 1 is 1.13 bits per heavy atom. The van der Waals surface area contributed by atoms with Gasteiger partial charge in [-0.2, -0.15) is 13.2 Å². The van der Waals surface area contributed by atoms with Gasteiger partial charge in [0.25, 0.3) is 0 Å². The molecule has 1 saturated heterocycles. The number of halogens is 4. The average Bonchev–Trinajstić information content (AvgIpc) is 3.46. The molecule has 47 heavy (non-hydrogen) atoms. The second-order valence-electron chi connectivity index (χ2n) is 12.5. The van der Waals surface area contributed by atoms with E-state index >= 15 is 0 Å². The summed E-state index contributed by atoms with van der Waals surface area (Å²) in [5.74, 6) is -0.847. The summed E-state index contributed by atoms with van der Waals surface area (Å²) in [4.78, 5) is 36.7. The summed E-state index contributed by atoms with van der Waals surface area (Å²) in [6.07, 6.45) is 3.11. The highest BCUT2D eigenvalue weighted by Crippen LogP contribution is 2.43. The first kappa shape index (κ1) is 32.6. The van der Waals surface area contributed by atoms with Crippen LogP contribution in [0.5, 0.6) is 0 Å². The molecule has 0 atom stereocenters. The number of carboxylic acids is 1. The van der Waals surface area contributed by atoms with Crippen LogP contribution >= 0.6 is 0 Å². The number of piperidine rings is 1. The van der Waals surface area contributed by atoms with Crippen molar-refractivity contribution in [3.63, 3.8) is 0 Å². The maximum atomic E-state index is 14.4. The van der Waals surface area contributed by atoms with E-state index in [2.05, 4.69) is 35.1 Å². The molecule has 2 aliphatic rings. The molecular formula is C32H36F4N8O3. The molecule has 6 rings (SSSR count). The molecule has 1 aromatic carbocycles. The number of nitrogens with zero attached hydrogens (tertiary/aromatic N) is 6. The number of nitrogens with one attached hydrogen (secondary N) is 2. The smallest absolute Gasteiger partial charge is 0.416 e. The van der Waals surface area contributed by atoms with Crippen LogP contribution in [0.15, 0.2) is 36.7 Å². The van der Waals surface area contributed by atoms with Crippen molar-refractivity contribution in [2.75, 3.05) is 56.7 Å². The number of aromatic amines is 1. The van der Waals surface area contributed by atoms with E-state index in [1.54, 1.807) is 25.6 Å². The summed E-state index contributed by atoms with van der Waals surface area (Å²) in [7, 11) is 3.57. The third-order valence-electron chi connectivity index (χ3n) is 9.05. The molecule has 1 aliphatic carbocycles. The van der Waals surface area contributed by atoms with Gasteiger partial charge in [-0.25, -0.2) is 24.3 Å². The maximum absolute atomic E-state index is 14.4. The van der Waals surface area contributed by atoms with E-state index < -0.39 is 23.5 Å². The predicted molar refractivity (Wildman–Crippen MR) is 168 cm³/mol. The van der Waals surface area contributed by atoms with Crippen LogP contribution in [0.4, 0.5) is 29.1 Å². The molecule has 3 aromatic heterocycles. The van der Waals surface area contributed by atoms with Gasteiger partial charge in [-0.3, -0.25) is 4.79 Å². The quantitative estimate of drug-likeness (QED) is 0.187. The Bertz CT molecular complexity index is 1730. The van der Waals surface area contributed by atoms with Gasteiger partial charge >= 0.3 is 12.1 Å². The lowest BCUT2D eigenvalue weighted by Gasteiger charge is -2.44. The first-order chi connectivity index (χ1) is 22.4. The fourth-order valence-electron chi connectivity index (χ4n) is 6.51. The number of ether oxygens (including phenoxy) is 1. The van der Waals surface area contributed by atoms with Crippen LogP contribution in [-0.4, -0.2) is 89.0 Å².